The molecule has 1 saturated heterocycles. The lowest BCUT2D eigenvalue weighted by Crippen LogP contribution is -2.56. The highest BCUT2D eigenvalue weighted by atomic mass is 35.5. The van der Waals surface area contributed by atoms with Gasteiger partial charge >= 0.3 is 0 Å². The number of hydrogen-bond acceptors (Lipinski definition) is 12. The molecule has 2 aliphatic carbocycles. The molecule has 6 atom stereocenters. The number of hydrazine groups is 1. The Balaban J connectivity index is 0.00000370. The molecule has 0 amide bonds. The van der Waals surface area contributed by atoms with Crippen LogP contribution in [0.15, 0.2) is 18.2 Å². The van der Waals surface area contributed by atoms with E-state index in [1.165, 1.54) is 32.2 Å². The highest BCUT2D eigenvalue weighted by Gasteiger charge is 2.49. The number of aromatic hydroxyl groups is 2. The van der Waals surface area contributed by atoms with Gasteiger partial charge in [0.25, 0.3) is 0 Å². The maximum absolute atomic E-state index is 13.7. The van der Waals surface area contributed by atoms with Gasteiger partial charge in [-0.05, 0) is 19.9 Å². The summed E-state index contributed by atoms with van der Waals surface area (Å²) in [5, 5.41) is 44.4. The van der Waals surface area contributed by atoms with Crippen LogP contribution >= 0.6 is 12.4 Å². The molecular weight excluding hydrogens is 548 g/mol. The second kappa shape index (κ2) is 10.7. The molecule has 2 aromatic rings. The van der Waals surface area contributed by atoms with Gasteiger partial charge in [0.2, 0.25) is 5.78 Å². The number of aliphatic hydroxyl groups excluding tert-OH is 1. The number of phenolic OH excluding ortho intramolecular Hbond substituents is 2. The summed E-state index contributed by atoms with van der Waals surface area (Å²) in [7, 11) is 1.34. The van der Waals surface area contributed by atoms with Crippen LogP contribution in [-0.2, 0) is 20.7 Å². The molecule has 0 spiro atoms. The predicted octanol–water partition coefficient (Wildman–Crippen LogP) is 0.955. The minimum atomic E-state index is -2.01. The van der Waals surface area contributed by atoms with Crippen LogP contribution in [0.1, 0.15) is 75.8 Å². The number of rotatable bonds is 5. The minimum Gasteiger partial charge on any atom is -0.507 e. The van der Waals surface area contributed by atoms with Crippen LogP contribution < -0.4 is 16.0 Å². The number of hydrogen-bond donors (Lipinski definition) is 6. The second-order valence-electron chi connectivity index (χ2n) is 10.2. The Kier molecular flexibility index (Phi) is 8.00. The van der Waals surface area contributed by atoms with Crippen molar-refractivity contribution in [3.05, 3.63) is 51.6 Å². The molecule has 12 nitrogen and oxygen atoms in total. The highest BCUT2D eigenvalue weighted by molar-refractivity contribution is 6.31. The van der Waals surface area contributed by atoms with Gasteiger partial charge in [0.05, 0.1) is 48.2 Å². The van der Waals surface area contributed by atoms with Gasteiger partial charge in [-0.15, -0.1) is 12.4 Å². The van der Waals surface area contributed by atoms with Crippen molar-refractivity contribution in [2.45, 2.75) is 69.4 Å². The van der Waals surface area contributed by atoms with Crippen LogP contribution in [0.4, 0.5) is 0 Å². The Labute approximate surface area is 235 Å². The summed E-state index contributed by atoms with van der Waals surface area (Å²) in [5.41, 5.74) is -0.580. The molecule has 13 heteroatoms. The number of ether oxygens (including phenoxy) is 3. The average molecular weight is 579 g/mol. The standard InChI is InChI=1S/C27H30N2O10.ClH/c1-10-22(31)14(29-28)7-17(38-10)39-16-9-27(36,11(2)30)8-13-19(16)26(35)21-20(24(13)33)23(32)12-5-4-6-15(37-3)18(12)25(21)34;/h4-6,10,14,16-17,22,29,31,33,35-36H,7-9,28H2,1-3H3;1H/t10?,14?,16-,17?,22?,27-;/m0./s1. The zero-order valence-corrected chi connectivity index (χ0v) is 22.8. The third-order valence-corrected chi connectivity index (χ3v) is 7.97. The first-order valence-corrected chi connectivity index (χ1v) is 12.5. The van der Waals surface area contributed by atoms with Crippen LogP contribution in [0, 0.1) is 0 Å². The van der Waals surface area contributed by atoms with Gasteiger partial charge in [-0.1, -0.05) is 12.1 Å². The van der Waals surface area contributed by atoms with Crippen molar-refractivity contribution in [1.29, 1.82) is 0 Å². The zero-order chi connectivity index (χ0) is 28.4. The Bertz CT molecular complexity index is 1400. The smallest absolute Gasteiger partial charge is 0.202 e. The van der Waals surface area contributed by atoms with Gasteiger partial charge < -0.3 is 34.6 Å². The number of carbonyl (C=O) groups excluding carboxylic acids is 3. The predicted molar refractivity (Wildman–Crippen MR) is 141 cm³/mol. The summed E-state index contributed by atoms with van der Waals surface area (Å²) >= 11 is 0. The molecule has 0 saturated carbocycles. The number of halogens is 1. The Morgan fingerprint density at radius 2 is 1.82 bits per heavy atom. The van der Waals surface area contributed by atoms with Crippen LogP contribution in [0.3, 0.4) is 0 Å². The number of benzene rings is 2. The first-order chi connectivity index (χ1) is 18.4. The summed E-state index contributed by atoms with van der Waals surface area (Å²) in [4.78, 5) is 39.7. The second-order valence-corrected chi connectivity index (χ2v) is 10.2. The van der Waals surface area contributed by atoms with E-state index in [9.17, 15) is 34.8 Å². The maximum atomic E-state index is 13.7. The van der Waals surface area contributed by atoms with Gasteiger partial charge in [0, 0.05) is 36.0 Å². The minimum absolute atomic E-state index is 0. The van der Waals surface area contributed by atoms with E-state index < -0.39 is 82.6 Å². The van der Waals surface area contributed by atoms with E-state index in [-0.39, 0.29) is 53.3 Å². The molecule has 7 N–H and O–H groups in total. The number of nitrogens with one attached hydrogen (secondary N) is 1. The third-order valence-electron chi connectivity index (χ3n) is 7.97. The van der Waals surface area contributed by atoms with Crippen molar-refractivity contribution < 1.29 is 49.0 Å². The summed E-state index contributed by atoms with van der Waals surface area (Å²) in [5.74, 6) is 2.36. The largest absolute Gasteiger partial charge is 0.507 e. The molecule has 1 heterocycles. The summed E-state index contributed by atoms with van der Waals surface area (Å²) < 4.78 is 17.2. The molecule has 216 valence electrons. The summed E-state index contributed by atoms with van der Waals surface area (Å²) in [6.07, 6.45) is -4.57. The number of ketones is 3. The fraction of sp³-hybridized carbons (Fsp3) is 0.444. The van der Waals surface area contributed by atoms with E-state index in [1.54, 1.807) is 6.92 Å². The van der Waals surface area contributed by atoms with Crippen LogP contribution in [-0.4, -0.2) is 75.0 Å². The summed E-state index contributed by atoms with van der Waals surface area (Å²) in [6.45, 7) is 2.79. The third kappa shape index (κ3) is 4.45. The molecule has 0 bridgehead atoms. The number of Topliss-reactive ketones (excluding diaryl/α,β-unsaturated/α-hetero) is 1. The molecule has 0 radical (unpaired) electrons. The van der Waals surface area contributed by atoms with Crippen LogP contribution in [0.2, 0.25) is 0 Å². The Morgan fingerprint density at radius 1 is 1.15 bits per heavy atom. The van der Waals surface area contributed by atoms with E-state index in [0.717, 1.165) is 0 Å². The quantitative estimate of drug-likeness (QED) is 0.143. The van der Waals surface area contributed by atoms with Crippen molar-refractivity contribution in [3.8, 4) is 17.2 Å². The lowest BCUT2D eigenvalue weighted by atomic mass is 9.72. The van der Waals surface area contributed by atoms with E-state index in [1.807, 2.05) is 0 Å². The zero-order valence-electron chi connectivity index (χ0n) is 22.0. The monoisotopic (exact) mass is 578 g/mol. The maximum Gasteiger partial charge on any atom is 0.202 e. The number of aliphatic hydroxyl groups is 2. The molecule has 40 heavy (non-hydrogen) atoms. The molecular formula is C27H31ClN2O10. The highest BCUT2D eigenvalue weighted by Crippen LogP contribution is 2.52. The van der Waals surface area contributed by atoms with Crippen molar-refractivity contribution in [2.24, 2.45) is 5.84 Å². The van der Waals surface area contributed by atoms with E-state index in [2.05, 4.69) is 5.43 Å². The molecule has 4 unspecified atom stereocenters. The SMILES string of the molecule is COc1cccc2c1C(=O)c1c(O)c3c(c(O)c1C2=O)C[C@@](O)(C(C)=O)C[C@@H]3OC1CC(NN)C(O)C(C)O1.Cl. The molecule has 5 rings (SSSR count). The molecule has 3 aliphatic rings. The van der Waals surface area contributed by atoms with Gasteiger partial charge in [-0.3, -0.25) is 25.7 Å². The molecule has 2 aromatic carbocycles. The number of nitrogens with two attached hydrogens (primary N) is 1. The lowest BCUT2D eigenvalue weighted by molar-refractivity contribution is -0.249. The summed E-state index contributed by atoms with van der Waals surface area (Å²) in [6, 6.07) is 3.82. The van der Waals surface area contributed by atoms with Crippen LogP contribution in [0.5, 0.6) is 17.2 Å². The van der Waals surface area contributed by atoms with Gasteiger partial charge in [-0.25, -0.2) is 0 Å². The average Bonchev–Trinajstić information content (AvgIpc) is 2.90. The first kappa shape index (κ1) is 29.9. The van der Waals surface area contributed by atoms with E-state index >= 15 is 0 Å². The van der Waals surface area contributed by atoms with Crippen molar-refractivity contribution in [2.75, 3.05) is 7.11 Å². The number of carbonyl (C=O) groups is 3. The van der Waals surface area contributed by atoms with Gasteiger partial charge in [0.1, 0.15) is 22.8 Å². The van der Waals surface area contributed by atoms with Crippen molar-refractivity contribution in [3.63, 3.8) is 0 Å². The lowest BCUT2D eigenvalue weighted by Gasteiger charge is -2.42. The van der Waals surface area contributed by atoms with Crippen LogP contribution in [0.25, 0.3) is 0 Å². The fourth-order valence-corrected chi connectivity index (χ4v) is 5.79. The van der Waals surface area contributed by atoms with E-state index in [0.29, 0.717) is 0 Å². The van der Waals surface area contributed by atoms with Gasteiger partial charge in [-0.2, -0.15) is 0 Å². The molecule has 0 aromatic heterocycles. The normalized spacial score (nSPS) is 29.1. The fourth-order valence-electron chi connectivity index (χ4n) is 5.79. The van der Waals surface area contributed by atoms with Gasteiger partial charge in [0.15, 0.2) is 17.9 Å². The Morgan fingerprint density at radius 3 is 2.45 bits per heavy atom. The molecule has 1 fully saturated rings. The number of fused-ring (bicyclic) bond motifs is 3. The van der Waals surface area contributed by atoms with E-state index in [4.69, 9.17) is 20.1 Å². The number of phenols is 2. The van der Waals surface area contributed by atoms with Crippen molar-refractivity contribution in [1.82, 2.24) is 5.43 Å². The first-order valence-electron chi connectivity index (χ1n) is 12.5. The number of methoxy groups -OCH3 is 1. The Hall–Kier alpha value is -3.10. The molecule has 1 aliphatic heterocycles. The topological polar surface area (TPSA) is 198 Å². The van der Waals surface area contributed by atoms with Crippen molar-refractivity contribution >= 4 is 29.8 Å².